The van der Waals surface area contributed by atoms with E-state index in [1.807, 2.05) is 44.2 Å². The Bertz CT molecular complexity index is 595. The topological polar surface area (TPSA) is 64.4 Å². The van der Waals surface area contributed by atoms with Gasteiger partial charge in [-0.1, -0.05) is 5.16 Å². The second kappa shape index (κ2) is 7.17. The van der Waals surface area contributed by atoms with Crippen molar-refractivity contribution in [1.82, 2.24) is 5.16 Å². The summed E-state index contributed by atoms with van der Waals surface area (Å²) in [5.74, 6) is 2.12. The quantitative estimate of drug-likeness (QED) is 0.887. The lowest BCUT2D eigenvalue weighted by Gasteiger charge is -2.11. The number of aryl methyl sites for hydroxylation is 1. The summed E-state index contributed by atoms with van der Waals surface area (Å²) in [4.78, 5) is 12.1. The highest BCUT2D eigenvalue weighted by atomic mass is 32.2. The smallest absolute Gasteiger partial charge is 0.237 e. The summed E-state index contributed by atoms with van der Waals surface area (Å²) in [6, 6.07) is 9.12. The molecule has 1 N–H and O–H groups in total. The zero-order chi connectivity index (χ0) is 15.2. The van der Waals surface area contributed by atoms with E-state index in [-0.39, 0.29) is 11.2 Å². The molecule has 0 bridgehead atoms. The first-order chi connectivity index (χ1) is 10.1. The minimum Gasteiger partial charge on any atom is -0.497 e. The van der Waals surface area contributed by atoms with Crippen LogP contribution in [0.3, 0.4) is 0 Å². The molecule has 1 heterocycles. The molecule has 0 unspecified atom stereocenters. The Balaban J connectivity index is 1.83. The number of thioether (sulfide) groups is 1. The standard InChI is InChI=1S/C15H18N2O3S/c1-10-8-14(20-17-10)9-21-11(2)15(18)16-12-4-6-13(19-3)7-5-12/h4-8,11H,9H2,1-3H3,(H,16,18)/t11-/m1/s1. The number of hydrogen-bond acceptors (Lipinski definition) is 5. The molecule has 0 saturated heterocycles. The third-order valence-electron chi connectivity index (χ3n) is 2.88. The van der Waals surface area contributed by atoms with E-state index in [0.29, 0.717) is 5.75 Å². The van der Waals surface area contributed by atoms with Crippen molar-refractivity contribution in [3.05, 3.63) is 41.8 Å². The highest BCUT2D eigenvalue weighted by Crippen LogP contribution is 2.20. The maximum atomic E-state index is 12.1. The van der Waals surface area contributed by atoms with Crippen molar-refractivity contribution >= 4 is 23.4 Å². The number of anilines is 1. The second-order valence-corrected chi connectivity index (χ2v) is 5.93. The summed E-state index contributed by atoms with van der Waals surface area (Å²) in [6.07, 6.45) is 0. The van der Waals surface area contributed by atoms with Crippen molar-refractivity contribution in [3.8, 4) is 5.75 Å². The molecular formula is C15H18N2O3S. The Kier molecular flexibility index (Phi) is 5.27. The van der Waals surface area contributed by atoms with Crippen LogP contribution in [0.5, 0.6) is 5.75 Å². The van der Waals surface area contributed by atoms with Gasteiger partial charge in [-0.3, -0.25) is 4.79 Å². The van der Waals surface area contributed by atoms with Crippen LogP contribution in [0.2, 0.25) is 0 Å². The number of aromatic nitrogens is 1. The van der Waals surface area contributed by atoms with Gasteiger partial charge in [-0.2, -0.15) is 0 Å². The number of ether oxygens (including phenoxy) is 1. The Hall–Kier alpha value is -1.95. The molecule has 112 valence electrons. The van der Waals surface area contributed by atoms with E-state index in [1.165, 1.54) is 11.8 Å². The molecule has 6 heteroatoms. The second-order valence-electron chi connectivity index (χ2n) is 4.61. The van der Waals surface area contributed by atoms with Crippen LogP contribution in [0.1, 0.15) is 18.4 Å². The van der Waals surface area contributed by atoms with Crippen LogP contribution in [-0.2, 0) is 10.5 Å². The average molecular weight is 306 g/mol. The molecule has 0 spiro atoms. The van der Waals surface area contributed by atoms with Crippen molar-refractivity contribution in [3.63, 3.8) is 0 Å². The van der Waals surface area contributed by atoms with Gasteiger partial charge in [0.1, 0.15) is 11.5 Å². The van der Waals surface area contributed by atoms with Crippen LogP contribution in [0, 0.1) is 6.92 Å². The SMILES string of the molecule is COc1ccc(NC(=O)[C@@H](C)SCc2cc(C)no2)cc1. The zero-order valence-corrected chi connectivity index (χ0v) is 13.1. The van der Waals surface area contributed by atoms with Crippen LogP contribution in [0.15, 0.2) is 34.9 Å². The molecule has 2 aromatic rings. The Labute approximate surface area is 128 Å². The van der Waals surface area contributed by atoms with Crippen LogP contribution in [-0.4, -0.2) is 23.4 Å². The molecule has 1 aromatic carbocycles. The number of nitrogens with zero attached hydrogens (tertiary/aromatic N) is 1. The van der Waals surface area contributed by atoms with Crippen LogP contribution < -0.4 is 10.1 Å². The van der Waals surface area contributed by atoms with E-state index >= 15 is 0 Å². The highest BCUT2D eigenvalue weighted by Gasteiger charge is 2.15. The van der Waals surface area contributed by atoms with Gasteiger partial charge in [0.2, 0.25) is 5.91 Å². The van der Waals surface area contributed by atoms with Crippen molar-refractivity contribution in [2.45, 2.75) is 24.9 Å². The zero-order valence-electron chi connectivity index (χ0n) is 12.3. The van der Waals surface area contributed by atoms with E-state index < -0.39 is 0 Å². The summed E-state index contributed by atoms with van der Waals surface area (Å²) in [6.45, 7) is 3.74. The number of methoxy groups -OCH3 is 1. The molecule has 1 atom stereocenters. The normalized spacial score (nSPS) is 12.0. The van der Waals surface area contributed by atoms with Gasteiger partial charge in [-0.25, -0.2) is 0 Å². The number of hydrogen-bond donors (Lipinski definition) is 1. The van der Waals surface area contributed by atoms with Gasteiger partial charge in [0, 0.05) is 11.8 Å². The van der Waals surface area contributed by atoms with Gasteiger partial charge in [-0.05, 0) is 38.1 Å². The average Bonchev–Trinajstić information content (AvgIpc) is 2.91. The maximum absolute atomic E-state index is 12.1. The fourth-order valence-corrected chi connectivity index (χ4v) is 2.45. The number of carbonyl (C=O) groups excluding carboxylic acids is 1. The van der Waals surface area contributed by atoms with Crippen molar-refractivity contribution < 1.29 is 14.1 Å². The van der Waals surface area contributed by atoms with Gasteiger partial charge < -0.3 is 14.6 Å². The maximum Gasteiger partial charge on any atom is 0.237 e. The van der Waals surface area contributed by atoms with Crippen LogP contribution in [0.4, 0.5) is 5.69 Å². The Morgan fingerprint density at radius 3 is 2.71 bits per heavy atom. The summed E-state index contributed by atoms with van der Waals surface area (Å²) in [5, 5.41) is 6.51. The predicted molar refractivity (Wildman–Crippen MR) is 83.6 cm³/mol. The molecule has 0 fully saturated rings. The van der Waals surface area contributed by atoms with Crippen molar-refractivity contribution in [1.29, 1.82) is 0 Å². The fraction of sp³-hybridized carbons (Fsp3) is 0.333. The minimum atomic E-state index is -0.183. The van der Waals surface area contributed by atoms with Gasteiger partial charge in [-0.15, -0.1) is 11.8 Å². The van der Waals surface area contributed by atoms with E-state index in [1.54, 1.807) is 7.11 Å². The van der Waals surface area contributed by atoms with E-state index in [4.69, 9.17) is 9.26 Å². The molecule has 2 rings (SSSR count). The third-order valence-corrected chi connectivity index (χ3v) is 4.04. The van der Waals surface area contributed by atoms with Gasteiger partial charge in [0.05, 0.1) is 23.8 Å². The molecular weight excluding hydrogens is 288 g/mol. The van der Waals surface area contributed by atoms with E-state index in [9.17, 15) is 4.79 Å². The minimum absolute atomic E-state index is 0.0404. The number of nitrogens with one attached hydrogen (secondary N) is 1. The highest BCUT2D eigenvalue weighted by molar-refractivity contribution is 7.99. The molecule has 0 aliphatic heterocycles. The van der Waals surface area contributed by atoms with Crippen molar-refractivity contribution in [2.75, 3.05) is 12.4 Å². The number of benzene rings is 1. The molecule has 0 aliphatic rings. The lowest BCUT2D eigenvalue weighted by molar-refractivity contribution is -0.115. The molecule has 1 amide bonds. The fourth-order valence-electron chi connectivity index (χ4n) is 1.69. The summed E-state index contributed by atoms with van der Waals surface area (Å²) >= 11 is 1.51. The monoisotopic (exact) mass is 306 g/mol. The summed E-state index contributed by atoms with van der Waals surface area (Å²) < 4.78 is 10.2. The molecule has 21 heavy (non-hydrogen) atoms. The van der Waals surface area contributed by atoms with Crippen LogP contribution in [0.25, 0.3) is 0 Å². The molecule has 1 aromatic heterocycles. The summed E-state index contributed by atoms with van der Waals surface area (Å²) in [7, 11) is 1.61. The van der Waals surface area contributed by atoms with E-state index in [2.05, 4.69) is 10.5 Å². The lowest BCUT2D eigenvalue weighted by atomic mass is 10.3. The number of carbonyl (C=O) groups is 1. The molecule has 0 radical (unpaired) electrons. The first-order valence-corrected chi connectivity index (χ1v) is 7.62. The first kappa shape index (κ1) is 15.4. The predicted octanol–water partition coefficient (Wildman–Crippen LogP) is 3.25. The third kappa shape index (κ3) is 4.53. The Morgan fingerprint density at radius 2 is 2.14 bits per heavy atom. The molecule has 5 nitrogen and oxygen atoms in total. The van der Waals surface area contributed by atoms with E-state index in [0.717, 1.165) is 22.9 Å². The number of rotatable bonds is 6. The van der Waals surface area contributed by atoms with Crippen molar-refractivity contribution in [2.24, 2.45) is 0 Å². The molecule has 0 aliphatic carbocycles. The van der Waals surface area contributed by atoms with Gasteiger partial charge in [0.15, 0.2) is 0 Å². The lowest BCUT2D eigenvalue weighted by Crippen LogP contribution is -2.22. The number of amides is 1. The largest absolute Gasteiger partial charge is 0.497 e. The van der Waals surface area contributed by atoms with Gasteiger partial charge in [0.25, 0.3) is 0 Å². The van der Waals surface area contributed by atoms with Gasteiger partial charge >= 0.3 is 0 Å². The first-order valence-electron chi connectivity index (χ1n) is 6.57. The molecule has 0 saturated carbocycles. The Morgan fingerprint density at radius 1 is 1.43 bits per heavy atom. The van der Waals surface area contributed by atoms with Crippen LogP contribution >= 0.6 is 11.8 Å². The summed E-state index contributed by atoms with van der Waals surface area (Å²) in [5.41, 5.74) is 1.60.